The zero-order chi connectivity index (χ0) is 46.5. The molecular formula is C65H45B2N2S. The van der Waals surface area contributed by atoms with Crippen LogP contribution in [0.25, 0.3) is 53.6 Å². The third-order valence-electron chi connectivity index (χ3n) is 16.3. The van der Waals surface area contributed by atoms with Gasteiger partial charge in [0.2, 0.25) is 0 Å². The highest BCUT2D eigenvalue weighted by Crippen LogP contribution is 2.63. The van der Waals surface area contributed by atoms with Crippen molar-refractivity contribution in [2.24, 2.45) is 0 Å². The second-order valence-electron chi connectivity index (χ2n) is 20.0. The lowest BCUT2D eigenvalue weighted by molar-refractivity contribution is 0.660. The van der Waals surface area contributed by atoms with Crippen LogP contribution in [0, 0.1) is 0 Å². The fourth-order valence-corrected chi connectivity index (χ4v) is 14.7. The Bertz CT molecular complexity index is 3950. The lowest BCUT2D eigenvalue weighted by Gasteiger charge is -2.53. The van der Waals surface area contributed by atoms with Gasteiger partial charge in [-0.15, -0.1) is 11.3 Å². The molecule has 1 aliphatic carbocycles. The predicted molar refractivity (Wildman–Crippen MR) is 299 cm³/mol. The molecule has 11 aromatic rings. The molecule has 0 saturated carbocycles. The predicted octanol–water partition coefficient (Wildman–Crippen LogP) is 14.8. The number of thiophene rings is 1. The summed E-state index contributed by atoms with van der Waals surface area (Å²) in [5.74, 6) is 0. The van der Waals surface area contributed by atoms with Crippen molar-refractivity contribution in [1.29, 1.82) is 0 Å². The Kier molecular flexibility index (Phi) is 8.35. The average Bonchev–Trinajstić information content (AvgIpc) is 3.91. The maximum Gasteiger partial charge on any atom is 0.333 e. The molecule has 327 valence electrons. The number of hydrogen-bond acceptors (Lipinski definition) is 3. The number of nitrogens with zero attached hydrogens (tertiary/aromatic N) is 2. The molecule has 1 radical (unpaired) electrons. The van der Waals surface area contributed by atoms with Crippen molar-refractivity contribution in [3.63, 3.8) is 0 Å². The SMILES string of the molecule is C[B]c1ccc(N2c3cc4c(sc5ccccc54)c4c3B(c3ccc5c(c32)-c2ccccc2C5(C)C)N2c3ccccc3C(c3ccccc3)(c3ccccc3)c3cccc-4c32)c(-c2ccccc2)c1. The van der Waals surface area contributed by atoms with E-state index in [-0.39, 0.29) is 12.3 Å². The number of para-hydroxylation sites is 2. The molecule has 70 heavy (non-hydrogen) atoms. The van der Waals surface area contributed by atoms with Crippen LogP contribution >= 0.6 is 11.3 Å². The molecule has 0 atom stereocenters. The van der Waals surface area contributed by atoms with Crippen LogP contribution in [0.3, 0.4) is 0 Å². The molecule has 4 aliphatic rings. The third kappa shape index (κ3) is 5.10. The van der Waals surface area contributed by atoms with E-state index in [1.54, 1.807) is 0 Å². The van der Waals surface area contributed by atoms with Crippen molar-refractivity contribution in [3.8, 4) is 33.4 Å². The summed E-state index contributed by atoms with van der Waals surface area (Å²) in [6, 6.07) is 83.1. The molecule has 0 N–H and O–H groups in total. The van der Waals surface area contributed by atoms with E-state index in [1.807, 2.05) is 11.3 Å². The third-order valence-corrected chi connectivity index (χ3v) is 17.5. The highest BCUT2D eigenvalue weighted by molar-refractivity contribution is 7.26. The quantitative estimate of drug-likeness (QED) is 0.159. The molecule has 1 aromatic heterocycles. The molecule has 2 nitrogen and oxygen atoms in total. The smallest absolute Gasteiger partial charge is 0.333 e. The number of anilines is 5. The minimum Gasteiger partial charge on any atom is -0.376 e. The summed E-state index contributed by atoms with van der Waals surface area (Å²) in [6.07, 6.45) is 0. The maximum atomic E-state index is 2.77. The largest absolute Gasteiger partial charge is 0.376 e. The van der Waals surface area contributed by atoms with Crippen LogP contribution in [-0.4, -0.2) is 14.1 Å². The summed E-state index contributed by atoms with van der Waals surface area (Å²) in [7, 11) is 2.23. The Balaban J connectivity index is 1.16. The summed E-state index contributed by atoms with van der Waals surface area (Å²) in [6.45, 7) is 6.83. The minimum absolute atomic E-state index is 0.158. The normalized spacial score (nSPS) is 14.9. The number of rotatable bonds is 5. The fourth-order valence-electron chi connectivity index (χ4n) is 13.4. The summed E-state index contributed by atoms with van der Waals surface area (Å²) in [4.78, 5) is 5.48. The first-order chi connectivity index (χ1) is 34.5. The molecule has 0 bridgehead atoms. The Labute approximate surface area is 414 Å². The van der Waals surface area contributed by atoms with Crippen molar-refractivity contribution in [1.82, 2.24) is 0 Å². The van der Waals surface area contributed by atoms with Gasteiger partial charge >= 0.3 is 6.85 Å². The Morgan fingerprint density at radius 1 is 0.471 bits per heavy atom. The van der Waals surface area contributed by atoms with Crippen LogP contribution in [-0.2, 0) is 10.8 Å². The summed E-state index contributed by atoms with van der Waals surface area (Å²) < 4.78 is 2.65. The van der Waals surface area contributed by atoms with Crippen molar-refractivity contribution in [2.45, 2.75) is 31.5 Å². The molecule has 4 heterocycles. The van der Waals surface area contributed by atoms with E-state index in [9.17, 15) is 0 Å². The van der Waals surface area contributed by atoms with E-state index in [0.717, 1.165) is 0 Å². The number of benzene rings is 10. The Hall–Kier alpha value is -7.85. The molecule has 15 rings (SSSR count). The number of hydrogen-bond donors (Lipinski definition) is 0. The zero-order valence-corrected chi connectivity index (χ0v) is 40.1. The minimum atomic E-state index is -0.595. The van der Waals surface area contributed by atoms with E-state index >= 15 is 0 Å². The van der Waals surface area contributed by atoms with Gasteiger partial charge in [-0.2, -0.15) is 0 Å². The van der Waals surface area contributed by atoms with Crippen molar-refractivity contribution >= 4 is 90.5 Å². The van der Waals surface area contributed by atoms with Gasteiger partial charge in [0.15, 0.2) is 0 Å². The molecule has 0 unspecified atom stereocenters. The summed E-state index contributed by atoms with van der Waals surface area (Å²) >= 11 is 1.95. The van der Waals surface area contributed by atoms with Crippen LogP contribution in [0.5, 0.6) is 0 Å². The van der Waals surface area contributed by atoms with Crippen LogP contribution in [0.4, 0.5) is 28.4 Å². The van der Waals surface area contributed by atoms with Gasteiger partial charge in [-0.05, 0) is 79.7 Å². The average molecular weight is 908 g/mol. The van der Waals surface area contributed by atoms with E-state index < -0.39 is 5.41 Å². The maximum absolute atomic E-state index is 2.77. The van der Waals surface area contributed by atoms with Gasteiger partial charge in [0.25, 0.3) is 0 Å². The summed E-state index contributed by atoms with van der Waals surface area (Å²) in [5.41, 5.74) is 24.8. The molecule has 0 saturated heterocycles. The van der Waals surface area contributed by atoms with Gasteiger partial charge in [-0.3, -0.25) is 0 Å². The number of fused-ring (bicyclic) bond motifs is 14. The van der Waals surface area contributed by atoms with Crippen molar-refractivity contribution < 1.29 is 0 Å². The zero-order valence-electron chi connectivity index (χ0n) is 39.2. The molecule has 10 aromatic carbocycles. The van der Waals surface area contributed by atoms with Crippen molar-refractivity contribution in [2.75, 3.05) is 9.71 Å². The summed E-state index contributed by atoms with van der Waals surface area (Å²) in [5, 5.41) is 2.60. The Morgan fingerprint density at radius 3 is 1.90 bits per heavy atom. The highest BCUT2D eigenvalue weighted by Gasteiger charge is 2.55. The first kappa shape index (κ1) is 40.1. The molecule has 0 fully saturated rings. The van der Waals surface area contributed by atoms with Gasteiger partial charge in [0, 0.05) is 64.9 Å². The second-order valence-corrected chi connectivity index (χ2v) is 21.0. The van der Waals surface area contributed by atoms with Crippen LogP contribution < -0.4 is 26.1 Å². The first-order valence-electron chi connectivity index (χ1n) is 24.7. The van der Waals surface area contributed by atoms with Crippen LogP contribution in [0.15, 0.2) is 218 Å². The topological polar surface area (TPSA) is 6.48 Å². The van der Waals surface area contributed by atoms with E-state index in [0.29, 0.717) is 0 Å². The van der Waals surface area contributed by atoms with Crippen LogP contribution in [0.1, 0.15) is 47.2 Å². The highest BCUT2D eigenvalue weighted by atomic mass is 32.1. The lowest BCUT2D eigenvalue weighted by Crippen LogP contribution is -2.63. The van der Waals surface area contributed by atoms with Gasteiger partial charge < -0.3 is 9.71 Å². The van der Waals surface area contributed by atoms with E-state index in [4.69, 9.17) is 0 Å². The van der Waals surface area contributed by atoms with Gasteiger partial charge in [0.1, 0.15) is 7.28 Å². The second kappa shape index (κ2) is 14.6. The molecular weight excluding hydrogens is 862 g/mol. The molecule has 5 heteroatoms. The van der Waals surface area contributed by atoms with Gasteiger partial charge in [-0.25, -0.2) is 0 Å². The van der Waals surface area contributed by atoms with Gasteiger partial charge in [-0.1, -0.05) is 220 Å². The van der Waals surface area contributed by atoms with E-state index in [1.165, 1.54) is 132 Å². The fraction of sp³-hybridized carbons (Fsp3) is 0.0769. The standard InChI is InChI=1S/C65H45B2N2S/c1-64(2)49-29-15-13-27-45(49)58-51(64)35-36-53-62(58)68(54-37-34-43(66-3)38-47(54)40-20-7-4-8-21-40)56-39-48-44-26-14-18-33-57(44)70-63(48)59-46-28-19-31-52-61(46)69(67(53)60(56)59)55-32-17-16-30-50(55)65(52,41-22-9-5-10-23-41)42-24-11-6-12-25-42/h4-39H,1-3H3. The first-order valence-corrected chi connectivity index (χ1v) is 25.5. The lowest BCUT2D eigenvalue weighted by atomic mass is 9.41. The Morgan fingerprint density at radius 2 is 1.13 bits per heavy atom. The van der Waals surface area contributed by atoms with Gasteiger partial charge in [0.05, 0.1) is 16.8 Å². The molecule has 0 amide bonds. The van der Waals surface area contributed by atoms with E-state index in [2.05, 4.69) is 256 Å². The molecule has 0 spiro atoms. The van der Waals surface area contributed by atoms with Crippen LogP contribution in [0.2, 0.25) is 6.82 Å². The monoisotopic (exact) mass is 907 g/mol. The molecule has 3 aliphatic heterocycles. The van der Waals surface area contributed by atoms with Crippen molar-refractivity contribution in [3.05, 3.63) is 252 Å².